The maximum atomic E-state index is 10.3. The molecule has 0 fully saturated rings. The van der Waals surface area contributed by atoms with E-state index >= 15 is 0 Å². The van der Waals surface area contributed by atoms with Gasteiger partial charge < -0.3 is 20.7 Å². The molecule has 0 aromatic carbocycles. The molecule has 0 aliphatic heterocycles. The van der Waals surface area contributed by atoms with Crippen molar-refractivity contribution < 1.29 is 19.7 Å². The van der Waals surface area contributed by atoms with Crippen LogP contribution in [0, 0.1) is 5.92 Å². The number of aliphatic hydroxyl groups is 2. The Morgan fingerprint density at radius 3 is 2.43 bits per heavy atom. The molecule has 0 aliphatic carbocycles. The summed E-state index contributed by atoms with van der Waals surface area (Å²) in [6.45, 7) is 0.873. The van der Waals surface area contributed by atoms with Crippen molar-refractivity contribution >= 4 is 5.91 Å². The van der Waals surface area contributed by atoms with Gasteiger partial charge >= 0.3 is 0 Å². The number of hydrogen-bond acceptors (Lipinski definition) is 4. The third-order valence-electron chi connectivity index (χ3n) is 1.91. The van der Waals surface area contributed by atoms with E-state index in [1.165, 1.54) is 0 Å². The molecule has 5 nitrogen and oxygen atoms in total. The van der Waals surface area contributed by atoms with E-state index < -0.39 is 0 Å². The fraction of sp³-hybridized carbons (Fsp3) is 0.889. The summed E-state index contributed by atoms with van der Waals surface area (Å²) in [5.41, 5.74) is 4.91. The summed E-state index contributed by atoms with van der Waals surface area (Å²) >= 11 is 0. The Balaban J connectivity index is 3.16. The molecule has 5 heteroatoms. The van der Waals surface area contributed by atoms with E-state index in [4.69, 9.17) is 20.7 Å². The van der Waals surface area contributed by atoms with Gasteiger partial charge in [0.1, 0.15) is 0 Å². The fourth-order valence-corrected chi connectivity index (χ4v) is 0.989. The molecule has 0 radical (unpaired) electrons. The predicted octanol–water partition coefficient (Wildman–Crippen LogP) is -0.741. The Hall–Kier alpha value is -0.650. The van der Waals surface area contributed by atoms with Crippen molar-refractivity contribution in [2.45, 2.75) is 19.3 Å². The molecular formula is C9H19NO4. The molecule has 0 rings (SSSR count). The maximum absolute atomic E-state index is 10.3. The second-order valence-electron chi connectivity index (χ2n) is 3.20. The van der Waals surface area contributed by atoms with Gasteiger partial charge in [0.25, 0.3) is 0 Å². The number of amides is 1. The van der Waals surface area contributed by atoms with Gasteiger partial charge in [-0.05, 0) is 12.8 Å². The van der Waals surface area contributed by atoms with Gasteiger partial charge in [-0.15, -0.1) is 0 Å². The zero-order valence-electron chi connectivity index (χ0n) is 8.32. The summed E-state index contributed by atoms with van der Waals surface area (Å²) in [4.78, 5) is 10.3. The van der Waals surface area contributed by atoms with Crippen LogP contribution in [0.15, 0.2) is 0 Å². The first-order valence-electron chi connectivity index (χ1n) is 4.78. The van der Waals surface area contributed by atoms with Crippen molar-refractivity contribution in [3.63, 3.8) is 0 Å². The molecule has 0 atom stereocenters. The van der Waals surface area contributed by atoms with Gasteiger partial charge in [0.15, 0.2) is 0 Å². The van der Waals surface area contributed by atoms with Crippen LogP contribution in [0.1, 0.15) is 19.3 Å². The molecule has 0 unspecified atom stereocenters. The van der Waals surface area contributed by atoms with E-state index in [1.54, 1.807) is 0 Å². The van der Waals surface area contributed by atoms with Crippen molar-refractivity contribution in [1.82, 2.24) is 0 Å². The Morgan fingerprint density at radius 1 is 1.29 bits per heavy atom. The van der Waals surface area contributed by atoms with Crippen LogP contribution in [0.4, 0.5) is 0 Å². The molecule has 1 amide bonds. The van der Waals surface area contributed by atoms with Gasteiger partial charge in [0.2, 0.25) is 5.91 Å². The Morgan fingerprint density at radius 2 is 1.93 bits per heavy atom. The number of nitrogens with two attached hydrogens (primary N) is 1. The standard InChI is InChI=1S/C9H19NO4/c10-9(13)3-5-14-4-1-2-8(6-11)7-12/h8,11-12H,1-7H2,(H2,10,13). The molecule has 14 heavy (non-hydrogen) atoms. The third kappa shape index (κ3) is 7.97. The minimum atomic E-state index is -0.367. The van der Waals surface area contributed by atoms with E-state index in [-0.39, 0.29) is 31.5 Å². The van der Waals surface area contributed by atoms with Crippen LogP contribution in [-0.4, -0.2) is 42.5 Å². The maximum Gasteiger partial charge on any atom is 0.219 e. The van der Waals surface area contributed by atoms with E-state index in [9.17, 15) is 4.79 Å². The van der Waals surface area contributed by atoms with Crippen molar-refractivity contribution in [2.75, 3.05) is 26.4 Å². The van der Waals surface area contributed by atoms with Crippen LogP contribution in [0.5, 0.6) is 0 Å². The summed E-state index contributed by atoms with van der Waals surface area (Å²) in [5, 5.41) is 17.5. The monoisotopic (exact) mass is 205 g/mol. The van der Waals surface area contributed by atoms with E-state index in [1.807, 2.05) is 0 Å². The number of carbonyl (C=O) groups excluding carboxylic acids is 1. The Bertz CT molecular complexity index is 148. The lowest BCUT2D eigenvalue weighted by Crippen LogP contribution is -2.15. The highest BCUT2D eigenvalue weighted by molar-refractivity contribution is 5.73. The van der Waals surface area contributed by atoms with Crippen LogP contribution < -0.4 is 5.73 Å². The molecule has 0 saturated carbocycles. The summed E-state index contributed by atoms with van der Waals surface area (Å²) in [7, 11) is 0. The minimum absolute atomic E-state index is 0.00220. The van der Waals surface area contributed by atoms with Gasteiger partial charge in [0, 0.05) is 32.2 Å². The molecule has 0 aliphatic rings. The van der Waals surface area contributed by atoms with Crippen molar-refractivity contribution in [3.05, 3.63) is 0 Å². The first kappa shape index (κ1) is 13.4. The lowest BCUT2D eigenvalue weighted by atomic mass is 10.1. The van der Waals surface area contributed by atoms with E-state index in [0.717, 1.165) is 12.8 Å². The highest BCUT2D eigenvalue weighted by atomic mass is 16.5. The summed E-state index contributed by atoms with van der Waals surface area (Å²) in [5.74, 6) is -0.427. The molecule has 0 heterocycles. The zero-order chi connectivity index (χ0) is 10.8. The largest absolute Gasteiger partial charge is 0.396 e. The molecule has 0 saturated heterocycles. The Kier molecular flexibility index (Phi) is 8.51. The fourth-order valence-electron chi connectivity index (χ4n) is 0.989. The quantitative estimate of drug-likeness (QED) is 0.432. The number of hydrogen-bond donors (Lipinski definition) is 3. The van der Waals surface area contributed by atoms with Crippen LogP contribution in [0.25, 0.3) is 0 Å². The summed E-state index contributed by atoms with van der Waals surface area (Å²) in [6, 6.07) is 0. The SMILES string of the molecule is NC(=O)CCOCCCC(CO)CO. The van der Waals surface area contributed by atoms with Crippen molar-refractivity contribution in [3.8, 4) is 0 Å². The molecule has 0 spiro atoms. The summed E-state index contributed by atoms with van der Waals surface area (Å²) in [6.07, 6.45) is 1.73. The number of primary amides is 1. The second kappa shape index (κ2) is 8.93. The molecule has 0 bridgehead atoms. The molecule has 4 N–H and O–H groups in total. The van der Waals surface area contributed by atoms with Gasteiger partial charge in [-0.3, -0.25) is 4.79 Å². The van der Waals surface area contributed by atoms with Gasteiger partial charge in [-0.1, -0.05) is 0 Å². The normalized spacial score (nSPS) is 10.8. The number of rotatable bonds is 9. The topological polar surface area (TPSA) is 92.8 Å². The van der Waals surface area contributed by atoms with Crippen molar-refractivity contribution in [2.24, 2.45) is 11.7 Å². The highest BCUT2D eigenvalue weighted by Crippen LogP contribution is 2.04. The second-order valence-corrected chi connectivity index (χ2v) is 3.20. The predicted molar refractivity (Wildman–Crippen MR) is 51.5 cm³/mol. The van der Waals surface area contributed by atoms with Crippen molar-refractivity contribution in [1.29, 1.82) is 0 Å². The third-order valence-corrected chi connectivity index (χ3v) is 1.91. The zero-order valence-corrected chi connectivity index (χ0v) is 8.32. The van der Waals surface area contributed by atoms with E-state index in [2.05, 4.69) is 0 Å². The average Bonchev–Trinajstić information content (AvgIpc) is 2.16. The van der Waals surface area contributed by atoms with Gasteiger partial charge in [-0.2, -0.15) is 0 Å². The average molecular weight is 205 g/mol. The molecule has 84 valence electrons. The number of aliphatic hydroxyl groups excluding tert-OH is 2. The van der Waals surface area contributed by atoms with E-state index in [0.29, 0.717) is 13.2 Å². The van der Waals surface area contributed by atoms with Crippen LogP contribution in [0.2, 0.25) is 0 Å². The molecule has 0 aromatic rings. The lowest BCUT2D eigenvalue weighted by Gasteiger charge is -2.09. The molecular weight excluding hydrogens is 186 g/mol. The van der Waals surface area contributed by atoms with Crippen LogP contribution >= 0.6 is 0 Å². The van der Waals surface area contributed by atoms with Crippen LogP contribution in [-0.2, 0) is 9.53 Å². The molecule has 0 aromatic heterocycles. The first-order chi connectivity index (χ1) is 6.70. The van der Waals surface area contributed by atoms with Crippen LogP contribution in [0.3, 0.4) is 0 Å². The minimum Gasteiger partial charge on any atom is -0.396 e. The summed E-state index contributed by atoms with van der Waals surface area (Å²) < 4.78 is 5.12. The highest BCUT2D eigenvalue weighted by Gasteiger charge is 2.04. The number of carbonyl (C=O) groups is 1. The lowest BCUT2D eigenvalue weighted by molar-refractivity contribution is -0.119. The van der Waals surface area contributed by atoms with Gasteiger partial charge in [0.05, 0.1) is 6.61 Å². The number of ether oxygens (including phenoxy) is 1. The Labute approximate surface area is 83.9 Å². The first-order valence-corrected chi connectivity index (χ1v) is 4.78. The smallest absolute Gasteiger partial charge is 0.219 e. The van der Waals surface area contributed by atoms with Gasteiger partial charge in [-0.25, -0.2) is 0 Å².